The molecule has 0 unspecified atom stereocenters. The summed E-state index contributed by atoms with van der Waals surface area (Å²) in [5, 5.41) is 26.7. The van der Waals surface area contributed by atoms with Crippen LogP contribution in [0.5, 0.6) is 6.01 Å². The fourth-order valence-electron chi connectivity index (χ4n) is 1.44. The third kappa shape index (κ3) is 17.6. The Morgan fingerprint density at radius 3 is 1.79 bits per heavy atom. The summed E-state index contributed by atoms with van der Waals surface area (Å²) in [4.78, 5) is 14.9. The molecule has 29 heavy (non-hydrogen) atoms. The maximum Gasteiger partial charge on any atom is 0.318 e. The molecule has 11 heteroatoms. The predicted molar refractivity (Wildman–Crippen MR) is 112 cm³/mol. The molecule has 164 valence electrons. The van der Waals surface area contributed by atoms with Crippen molar-refractivity contribution in [2.24, 2.45) is 0 Å². The molecule has 0 amide bonds. The molecule has 0 bridgehead atoms. The number of aliphatic hydroxyl groups is 3. The molecule has 7 N–H and O–H groups in total. The highest BCUT2D eigenvalue weighted by Crippen LogP contribution is 2.09. The highest BCUT2D eigenvalue weighted by Gasteiger charge is 2.12. The van der Waals surface area contributed by atoms with Crippen molar-refractivity contribution >= 4 is 23.2 Å². The van der Waals surface area contributed by atoms with Crippen LogP contribution in [0.2, 0.25) is 5.28 Å². The van der Waals surface area contributed by atoms with E-state index in [4.69, 9.17) is 38.0 Å². The average Bonchev–Trinajstić information content (AvgIpc) is 2.53. The lowest BCUT2D eigenvalue weighted by Gasteiger charge is -2.16. The van der Waals surface area contributed by atoms with Gasteiger partial charge in [0.05, 0.1) is 17.8 Å². The van der Waals surface area contributed by atoms with E-state index in [2.05, 4.69) is 19.9 Å². The van der Waals surface area contributed by atoms with Crippen molar-refractivity contribution in [1.82, 2.24) is 19.9 Å². The van der Waals surface area contributed by atoms with Gasteiger partial charge in [0.15, 0.2) is 0 Å². The molecule has 2 heterocycles. The van der Waals surface area contributed by atoms with Crippen molar-refractivity contribution in [3.05, 3.63) is 29.8 Å². The average molecular weight is 431 g/mol. The second-order valence-corrected chi connectivity index (χ2v) is 7.55. The van der Waals surface area contributed by atoms with E-state index in [1.54, 1.807) is 39.8 Å². The molecule has 2 aromatic rings. The Balaban J connectivity index is 0.000000444. The minimum Gasteiger partial charge on any atom is -0.463 e. The normalized spacial score (nSPS) is 10.9. The van der Waals surface area contributed by atoms with Gasteiger partial charge in [-0.05, 0) is 57.8 Å². The zero-order chi connectivity index (χ0) is 22.5. The Bertz CT molecular complexity index is 690. The maximum atomic E-state index is 9.40. The molecule has 10 nitrogen and oxygen atoms in total. The van der Waals surface area contributed by atoms with Crippen molar-refractivity contribution < 1.29 is 20.1 Å². The van der Waals surface area contributed by atoms with Gasteiger partial charge in [0.2, 0.25) is 5.28 Å². The summed E-state index contributed by atoms with van der Waals surface area (Å²) in [6.45, 7) is 7.20. The third-order valence-electron chi connectivity index (χ3n) is 2.97. The number of halogens is 1. The van der Waals surface area contributed by atoms with Crippen molar-refractivity contribution in [2.75, 3.05) is 24.7 Å². The Labute approximate surface area is 176 Å². The van der Waals surface area contributed by atoms with Gasteiger partial charge in [-0.2, -0.15) is 4.98 Å². The summed E-state index contributed by atoms with van der Waals surface area (Å²) in [6.07, 6.45) is 4.00. The number of nitrogens with two attached hydrogens (primary N) is 2. The molecule has 0 aliphatic rings. The van der Waals surface area contributed by atoms with Gasteiger partial charge >= 0.3 is 6.01 Å². The van der Waals surface area contributed by atoms with E-state index < -0.39 is 11.2 Å². The molecule has 0 aromatic carbocycles. The van der Waals surface area contributed by atoms with E-state index in [1.165, 1.54) is 12.4 Å². The van der Waals surface area contributed by atoms with Gasteiger partial charge in [-0.3, -0.25) is 0 Å². The number of nitrogen functional groups attached to an aromatic ring is 2. The molecule has 0 radical (unpaired) electrons. The lowest BCUT2D eigenvalue weighted by Crippen LogP contribution is -2.22. The van der Waals surface area contributed by atoms with Crippen LogP contribution in [0.25, 0.3) is 0 Å². The summed E-state index contributed by atoms with van der Waals surface area (Å²) >= 11 is 5.34. The minimum absolute atomic E-state index is 0.0590. The Morgan fingerprint density at radius 1 is 0.931 bits per heavy atom. The summed E-state index contributed by atoms with van der Waals surface area (Å²) in [7, 11) is 0. The Morgan fingerprint density at radius 2 is 1.45 bits per heavy atom. The zero-order valence-electron chi connectivity index (χ0n) is 17.2. The maximum absolute atomic E-state index is 9.40. The molecule has 0 aliphatic heterocycles. The lowest BCUT2D eigenvalue weighted by molar-refractivity contribution is 0.0513. The number of aliphatic hydroxyl groups excluding tert-OH is 1. The van der Waals surface area contributed by atoms with E-state index in [-0.39, 0.29) is 17.9 Å². The second-order valence-electron chi connectivity index (χ2n) is 7.21. The quantitative estimate of drug-likeness (QED) is 0.422. The van der Waals surface area contributed by atoms with Crippen LogP contribution in [-0.4, -0.2) is 59.7 Å². The topological polar surface area (TPSA) is 174 Å². The molecule has 0 spiro atoms. The molecule has 0 saturated carbocycles. The highest BCUT2D eigenvalue weighted by molar-refractivity contribution is 6.28. The highest BCUT2D eigenvalue weighted by atomic mass is 35.5. The molecule has 0 atom stereocenters. The third-order valence-corrected chi connectivity index (χ3v) is 3.15. The van der Waals surface area contributed by atoms with E-state index in [0.717, 1.165) is 0 Å². The van der Waals surface area contributed by atoms with Crippen LogP contribution in [0.3, 0.4) is 0 Å². The monoisotopic (exact) mass is 430 g/mol. The van der Waals surface area contributed by atoms with Gasteiger partial charge in [-0.25, -0.2) is 15.0 Å². The number of ether oxygens (including phenoxy) is 1. The van der Waals surface area contributed by atoms with Crippen molar-refractivity contribution in [3.8, 4) is 6.01 Å². The van der Waals surface area contributed by atoms with E-state index >= 15 is 0 Å². The first kappa shape index (κ1) is 26.7. The standard InChI is InChI=1S/C9H15N3O2.C5H12O2.C4H4ClN3/c1-9(2,13)4-6-14-8-11-5-3-7(10)12-8;1-5(2,7)3-4-6;5-4-7-2-1-3(6)8-4/h3,5,13H,4,6H2,1-2H3,(H2,10,11,12);6-7H,3-4H2,1-2H3;1-2H,(H2,6,7,8). The first-order valence-electron chi connectivity index (χ1n) is 8.83. The van der Waals surface area contributed by atoms with E-state index in [0.29, 0.717) is 31.1 Å². The number of rotatable bonds is 6. The first-order valence-corrected chi connectivity index (χ1v) is 9.21. The Hall–Kier alpha value is -2.27. The number of anilines is 2. The molecule has 0 aliphatic carbocycles. The molecule has 2 aromatic heterocycles. The van der Waals surface area contributed by atoms with Gasteiger partial charge in [0.1, 0.15) is 11.6 Å². The van der Waals surface area contributed by atoms with Crippen molar-refractivity contribution in [1.29, 1.82) is 0 Å². The van der Waals surface area contributed by atoms with Crippen LogP contribution in [0.1, 0.15) is 40.5 Å². The fourth-order valence-corrected chi connectivity index (χ4v) is 1.59. The molecular weight excluding hydrogens is 400 g/mol. The minimum atomic E-state index is -0.736. The van der Waals surface area contributed by atoms with Gasteiger partial charge < -0.3 is 31.5 Å². The van der Waals surface area contributed by atoms with Crippen LogP contribution in [-0.2, 0) is 0 Å². The summed E-state index contributed by atoms with van der Waals surface area (Å²) in [5.41, 5.74) is 9.22. The SMILES string of the molecule is CC(C)(O)CCO.CC(C)(O)CCOc1nccc(N)n1.Nc1ccnc(Cl)n1. The number of aromatic nitrogens is 4. The first-order chi connectivity index (χ1) is 13.3. The van der Waals surface area contributed by atoms with Crippen LogP contribution < -0.4 is 16.2 Å². The number of hydrogen-bond donors (Lipinski definition) is 5. The van der Waals surface area contributed by atoms with Crippen LogP contribution >= 0.6 is 11.6 Å². The Kier molecular flexibility index (Phi) is 12.0. The van der Waals surface area contributed by atoms with Crippen molar-refractivity contribution in [3.63, 3.8) is 0 Å². The lowest BCUT2D eigenvalue weighted by atomic mass is 10.1. The predicted octanol–water partition coefficient (Wildman–Crippen LogP) is 1.45. The number of nitrogens with zero attached hydrogens (tertiary/aromatic N) is 4. The summed E-state index contributed by atoms with van der Waals surface area (Å²) in [6, 6.07) is 3.41. The molecule has 2 rings (SSSR count). The molecular formula is C18H31ClN6O4. The summed E-state index contributed by atoms with van der Waals surface area (Å²) < 4.78 is 5.20. The zero-order valence-corrected chi connectivity index (χ0v) is 18.0. The van der Waals surface area contributed by atoms with Gasteiger partial charge in [-0.1, -0.05) is 0 Å². The van der Waals surface area contributed by atoms with Gasteiger partial charge in [0, 0.05) is 25.4 Å². The molecule has 0 fully saturated rings. The van der Waals surface area contributed by atoms with Crippen LogP contribution in [0.15, 0.2) is 24.5 Å². The molecule has 0 saturated heterocycles. The van der Waals surface area contributed by atoms with E-state index in [1.807, 2.05) is 0 Å². The smallest absolute Gasteiger partial charge is 0.318 e. The van der Waals surface area contributed by atoms with Gasteiger partial charge in [0.25, 0.3) is 0 Å². The number of hydrogen-bond acceptors (Lipinski definition) is 10. The second kappa shape index (κ2) is 13.0. The van der Waals surface area contributed by atoms with E-state index in [9.17, 15) is 5.11 Å². The fraction of sp³-hybridized carbons (Fsp3) is 0.556. The van der Waals surface area contributed by atoms with Crippen molar-refractivity contribution in [2.45, 2.75) is 51.7 Å². The van der Waals surface area contributed by atoms with Crippen LogP contribution in [0.4, 0.5) is 11.6 Å². The van der Waals surface area contributed by atoms with Gasteiger partial charge in [-0.15, -0.1) is 0 Å². The largest absolute Gasteiger partial charge is 0.463 e. The van der Waals surface area contributed by atoms with Crippen LogP contribution in [0, 0.1) is 0 Å². The summed E-state index contributed by atoms with van der Waals surface area (Å²) in [5.74, 6) is 0.767.